The average molecular weight is 234 g/mol. The van der Waals surface area contributed by atoms with E-state index in [2.05, 4.69) is 0 Å². The van der Waals surface area contributed by atoms with Gasteiger partial charge in [-0.05, 0) is 36.8 Å². The van der Waals surface area contributed by atoms with E-state index in [9.17, 15) is 4.21 Å². The first-order chi connectivity index (χ1) is 7.66. The third kappa shape index (κ3) is 2.49. The number of fused-ring (bicyclic) bond motifs is 1. The minimum absolute atomic E-state index is 0.0349. The van der Waals surface area contributed by atoms with Gasteiger partial charge in [0.25, 0.3) is 0 Å². The van der Waals surface area contributed by atoms with Crippen LogP contribution in [-0.4, -0.2) is 10.3 Å². The van der Waals surface area contributed by atoms with Crippen LogP contribution >= 0.6 is 0 Å². The van der Waals surface area contributed by atoms with Crippen LogP contribution in [0.25, 0.3) is 10.8 Å². The summed E-state index contributed by atoms with van der Waals surface area (Å²) in [5, 5.41) is 2.23. The van der Waals surface area contributed by atoms with Crippen LogP contribution in [-0.2, 0) is 15.3 Å². The van der Waals surface area contributed by atoms with E-state index in [0.717, 1.165) is 10.8 Å². The molecule has 2 aromatic rings. The third-order valence-corrected chi connectivity index (χ3v) is 3.39. The predicted octanol–water partition coefficient (Wildman–Crippen LogP) is 3.29. The molecule has 0 aliphatic heterocycles. The lowest BCUT2D eigenvalue weighted by Gasteiger charge is -2.07. The molecule has 0 unspecified atom stereocenters. The van der Waals surface area contributed by atoms with Crippen LogP contribution in [0.4, 0.5) is 0 Å². The molecule has 16 heavy (non-hydrogen) atoms. The lowest BCUT2D eigenvalue weighted by molar-refractivity contribution is 0.270. The van der Waals surface area contributed by atoms with Crippen molar-refractivity contribution < 1.29 is 8.39 Å². The molecule has 2 rings (SSSR count). The largest absolute Gasteiger partial charge is 0.284 e. The van der Waals surface area contributed by atoms with E-state index >= 15 is 0 Å². The Kier molecular flexibility index (Phi) is 3.36. The van der Waals surface area contributed by atoms with Crippen LogP contribution in [0.3, 0.4) is 0 Å². The molecule has 0 bridgehead atoms. The molecule has 0 radical (unpaired) electrons. The molecule has 0 aromatic heterocycles. The first-order valence-electron chi connectivity index (χ1n) is 5.24. The zero-order valence-corrected chi connectivity index (χ0v) is 10.2. The molecular formula is C13H14O2S. The fourth-order valence-electron chi connectivity index (χ4n) is 1.50. The fourth-order valence-corrected chi connectivity index (χ4v) is 2.36. The Morgan fingerprint density at radius 3 is 2.44 bits per heavy atom. The van der Waals surface area contributed by atoms with E-state index in [1.807, 2.05) is 56.3 Å². The minimum Gasteiger partial charge on any atom is -0.284 e. The van der Waals surface area contributed by atoms with Gasteiger partial charge >= 0.3 is 0 Å². The van der Waals surface area contributed by atoms with E-state index < -0.39 is 11.1 Å². The maximum absolute atomic E-state index is 11.8. The predicted molar refractivity (Wildman–Crippen MR) is 66.6 cm³/mol. The normalized spacial score (nSPS) is 13.2. The lowest BCUT2D eigenvalue weighted by Crippen LogP contribution is -2.05. The van der Waals surface area contributed by atoms with E-state index in [4.69, 9.17) is 4.18 Å². The Balaban J connectivity index is 2.35. The summed E-state index contributed by atoms with van der Waals surface area (Å²) in [5.41, 5.74) is 0. The summed E-state index contributed by atoms with van der Waals surface area (Å²) in [6.45, 7) is 3.75. The van der Waals surface area contributed by atoms with Crippen LogP contribution in [0.15, 0.2) is 47.4 Å². The highest BCUT2D eigenvalue weighted by molar-refractivity contribution is 7.80. The first kappa shape index (κ1) is 11.3. The van der Waals surface area contributed by atoms with Crippen molar-refractivity contribution in [2.24, 2.45) is 0 Å². The molecule has 2 aromatic carbocycles. The number of benzene rings is 2. The smallest absolute Gasteiger partial charge is 0.189 e. The Morgan fingerprint density at radius 1 is 1.06 bits per heavy atom. The highest BCUT2D eigenvalue weighted by atomic mass is 32.2. The monoisotopic (exact) mass is 234 g/mol. The van der Waals surface area contributed by atoms with E-state index in [0.29, 0.717) is 4.90 Å². The summed E-state index contributed by atoms with van der Waals surface area (Å²) in [7, 11) is 0. The SMILES string of the molecule is CC(C)O[S@@](=O)c1ccc2ccccc2c1. The minimum atomic E-state index is -1.37. The van der Waals surface area contributed by atoms with Gasteiger partial charge in [-0.15, -0.1) is 0 Å². The molecule has 1 atom stereocenters. The summed E-state index contributed by atoms with van der Waals surface area (Å²) in [5.74, 6) is 0. The number of hydrogen-bond acceptors (Lipinski definition) is 2. The maximum Gasteiger partial charge on any atom is 0.189 e. The highest BCUT2D eigenvalue weighted by Crippen LogP contribution is 2.18. The van der Waals surface area contributed by atoms with Crippen molar-refractivity contribution >= 4 is 21.9 Å². The number of rotatable bonds is 3. The second-order valence-electron chi connectivity index (χ2n) is 3.89. The van der Waals surface area contributed by atoms with Gasteiger partial charge in [-0.25, -0.2) is 4.21 Å². The van der Waals surface area contributed by atoms with Gasteiger partial charge in [-0.2, -0.15) is 0 Å². The first-order valence-corrected chi connectivity index (χ1v) is 6.32. The molecular weight excluding hydrogens is 220 g/mol. The summed E-state index contributed by atoms with van der Waals surface area (Å²) in [6, 6.07) is 13.7. The van der Waals surface area contributed by atoms with Crippen molar-refractivity contribution in [2.75, 3.05) is 0 Å². The standard InChI is InChI=1S/C13H14O2S/c1-10(2)15-16(14)13-8-7-11-5-3-4-6-12(11)9-13/h3-10H,1-2H3/t16-/m1/s1. The van der Waals surface area contributed by atoms with Gasteiger partial charge in [0.05, 0.1) is 11.0 Å². The molecule has 0 aliphatic rings. The van der Waals surface area contributed by atoms with Gasteiger partial charge in [-0.1, -0.05) is 30.3 Å². The van der Waals surface area contributed by atoms with Crippen LogP contribution in [0.5, 0.6) is 0 Å². The zero-order chi connectivity index (χ0) is 11.5. The summed E-state index contributed by atoms with van der Waals surface area (Å²) in [6.07, 6.45) is -0.0349. The van der Waals surface area contributed by atoms with Crippen molar-refractivity contribution in [1.29, 1.82) is 0 Å². The summed E-state index contributed by atoms with van der Waals surface area (Å²) < 4.78 is 17.0. The van der Waals surface area contributed by atoms with Crippen LogP contribution in [0.2, 0.25) is 0 Å². The Hall–Kier alpha value is -1.19. The van der Waals surface area contributed by atoms with Gasteiger partial charge in [-0.3, -0.25) is 4.18 Å². The van der Waals surface area contributed by atoms with Crippen LogP contribution < -0.4 is 0 Å². The van der Waals surface area contributed by atoms with Gasteiger partial charge < -0.3 is 0 Å². The molecule has 0 aliphatic carbocycles. The Morgan fingerprint density at radius 2 is 1.75 bits per heavy atom. The molecule has 3 heteroatoms. The van der Waals surface area contributed by atoms with Crippen molar-refractivity contribution in [3.63, 3.8) is 0 Å². The molecule has 0 saturated carbocycles. The summed E-state index contributed by atoms with van der Waals surface area (Å²) >= 11 is -1.37. The van der Waals surface area contributed by atoms with Gasteiger partial charge in [0.15, 0.2) is 11.1 Å². The van der Waals surface area contributed by atoms with E-state index in [1.54, 1.807) is 0 Å². The van der Waals surface area contributed by atoms with Crippen molar-refractivity contribution in [3.05, 3.63) is 42.5 Å². The molecule has 0 N–H and O–H groups in total. The summed E-state index contributed by atoms with van der Waals surface area (Å²) in [4.78, 5) is 0.715. The van der Waals surface area contributed by atoms with Crippen molar-refractivity contribution in [1.82, 2.24) is 0 Å². The second-order valence-corrected chi connectivity index (χ2v) is 5.02. The second kappa shape index (κ2) is 4.76. The molecule has 0 fully saturated rings. The fraction of sp³-hybridized carbons (Fsp3) is 0.231. The van der Waals surface area contributed by atoms with Gasteiger partial charge in [0.1, 0.15) is 0 Å². The van der Waals surface area contributed by atoms with Crippen LogP contribution in [0, 0.1) is 0 Å². The molecule has 0 amide bonds. The highest BCUT2D eigenvalue weighted by Gasteiger charge is 2.07. The third-order valence-electron chi connectivity index (χ3n) is 2.19. The quantitative estimate of drug-likeness (QED) is 0.814. The molecule has 84 valence electrons. The molecule has 0 saturated heterocycles. The average Bonchev–Trinajstić information content (AvgIpc) is 2.27. The van der Waals surface area contributed by atoms with E-state index in [-0.39, 0.29) is 6.10 Å². The van der Waals surface area contributed by atoms with E-state index in [1.165, 1.54) is 0 Å². The van der Waals surface area contributed by atoms with Gasteiger partial charge in [0.2, 0.25) is 0 Å². The lowest BCUT2D eigenvalue weighted by atomic mass is 10.1. The van der Waals surface area contributed by atoms with Crippen LogP contribution in [0.1, 0.15) is 13.8 Å². The molecule has 2 nitrogen and oxygen atoms in total. The topological polar surface area (TPSA) is 26.3 Å². The van der Waals surface area contributed by atoms with Gasteiger partial charge in [0, 0.05) is 0 Å². The molecule has 0 heterocycles. The van der Waals surface area contributed by atoms with Crippen molar-refractivity contribution in [2.45, 2.75) is 24.8 Å². The Bertz CT molecular complexity index is 520. The van der Waals surface area contributed by atoms with Crippen molar-refractivity contribution in [3.8, 4) is 0 Å². The Labute approximate surface area is 97.9 Å². The number of hydrogen-bond donors (Lipinski definition) is 0. The zero-order valence-electron chi connectivity index (χ0n) is 9.34. The molecule has 0 spiro atoms. The maximum atomic E-state index is 11.8.